The normalized spacial score (nSPS) is 13.8. The van der Waals surface area contributed by atoms with Gasteiger partial charge in [0.1, 0.15) is 0 Å². The summed E-state index contributed by atoms with van der Waals surface area (Å²) in [5.74, 6) is 0.872. The molecule has 4 rings (SSSR count). The van der Waals surface area contributed by atoms with Gasteiger partial charge < -0.3 is 10.2 Å². The number of hydrogen-bond donors (Lipinski definition) is 1. The summed E-state index contributed by atoms with van der Waals surface area (Å²) >= 11 is 5.70. The molecule has 2 N–H and O–H groups in total. The minimum absolute atomic E-state index is 0.198. The van der Waals surface area contributed by atoms with Crippen LogP contribution in [-0.4, -0.2) is 31.2 Å². The van der Waals surface area contributed by atoms with Crippen LogP contribution in [0.4, 0.5) is 0 Å². The second-order valence-corrected chi connectivity index (χ2v) is 8.11. The Labute approximate surface area is 181 Å². The number of aryl methyl sites for hydroxylation is 1. The van der Waals surface area contributed by atoms with E-state index in [0.717, 1.165) is 13.0 Å². The Hall–Kier alpha value is -2.71. The molecule has 1 amide bonds. The van der Waals surface area contributed by atoms with E-state index in [1.807, 2.05) is 21.4 Å². The van der Waals surface area contributed by atoms with Crippen molar-refractivity contribution in [1.82, 2.24) is 19.2 Å². The first-order valence-electron chi connectivity index (χ1n) is 10.4. The van der Waals surface area contributed by atoms with Crippen LogP contribution in [0.5, 0.6) is 0 Å². The molecule has 0 aliphatic heterocycles. The van der Waals surface area contributed by atoms with Crippen LogP contribution in [0.3, 0.4) is 0 Å². The number of nitrogens with zero attached hydrogens (tertiary/aromatic N) is 4. The van der Waals surface area contributed by atoms with E-state index in [2.05, 4.69) is 36.1 Å². The number of carbonyl (C=O) groups is 1. The Kier molecular flexibility index (Phi) is 6.15. The number of nitrogens with two attached hydrogens (primary N) is 1. The van der Waals surface area contributed by atoms with Gasteiger partial charge in [-0.2, -0.15) is 0 Å². The summed E-state index contributed by atoms with van der Waals surface area (Å²) in [7, 11) is 0. The van der Waals surface area contributed by atoms with E-state index in [1.54, 1.807) is 6.26 Å². The molecule has 3 aromatic rings. The lowest BCUT2D eigenvalue weighted by atomic mass is 10.1. The molecule has 1 aromatic carbocycles. The highest BCUT2D eigenvalue weighted by Gasteiger charge is 2.30. The summed E-state index contributed by atoms with van der Waals surface area (Å²) in [6, 6.07) is 13.0. The van der Waals surface area contributed by atoms with Crippen molar-refractivity contribution in [2.24, 2.45) is 5.73 Å². The largest absolute Gasteiger partial charge is 0.461 e. The average molecular weight is 426 g/mol. The van der Waals surface area contributed by atoms with Gasteiger partial charge in [-0.25, -0.2) is 4.68 Å². The maximum Gasteiger partial charge on any atom is 0.219 e. The van der Waals surface area contributed by atoms with Crippen molar-refractivity contribution in [3.05, 3.63) is 58.6 Å². The first-order chi connectivity index (χ1) is 14.5. The highest BCUT2D eigenvalue weighted by atomic mass is 32.1. The SMILES string of the molecule is CCc1ccc(CN(Cn2nc(-c3ccco3)n(CCC(N)=O)c2=S)C2CC2)cc1. The molecule has 158 valence electrons. The minimum atomic E-state index is -0.370. The lowest BCUT2D eigenvalue weighted by Gasteiger charge is -2.22. The van der Waals surface area contributed by atoms with Gasteiger partial charge in [0.25, 0.3) is 0 Å². The van der Waals surface area contributed by atoms with Crippen molar-refractivity contribution in [3.63, 3.8) is 0 Å². The topological polar surface area (TPSA) is 82.2 Å². The summed E-state index contributed by atoms with van der Waals surface area (Å²) in [6.07, 6.45) is 5.22. The lowest BCUT2D eigenvalue weighted by molar-refractivity contribution is -0.118. The van der Waals surface area contributed by atoms with Gasteiger partial charge in [0.2, 0.25) is 5.91 Å². The molecule has 1 aliphatic carbocycles. The molecule has 0 spiro atoms. The zero-order chi connectivity index (χ0) is 21.1. The molecule has 0 atom stereocenters. The van der Waals surface area contributed by atoms with Crippen LogP contribution in [0.1, 0.15) is 37.3 Å². The molecule has 2 heterocycles. The Morgan fingerprint density at radius 1 is 1.27 bits per heavy atom. The van der Waals surface area contributed by atoms with Gasteiger partial charge >= 0.3 is 0 Å². The van der Waals surface area contributed by atoms with Crippen LogP contribution in [0.25, 0.3) is 11.6 Å². The van der Waals surface area contributed by atoms with Crippen LogP contribution in [0, 0.1) is 4.77 Å². The van der Waals surface area contributed by atoms with Crippen LogP contribution in [0.2, 0.25) is 0 Å². The van der Waals surface area contributed by atoms with Gasteiger partial charge in [-0.05, 0) is 54.7 Å². The molecule has 1 saturated carbocycles. The molecular formula is C22H27N5O2S. The van der Waals surface area contributed by atoms with Crippen molar-refractivity contribution in [2.75, 3.05) is 0 Å². The predicted octanol–water partition coefficient (Wildman–Crippen LogP) is 3.73. The number of hydrogen-bond acceptors (Lipinski definition) is 5. The number of benzene rings is 1. The Bertz CT molecular complexity index is 1050. The number of aromatic nitrogens is 3. The second kappa shape index (κ2) is 8.97. The second-order valence-electron chi connectivity index (χ2n) is 7.74. The summed E-state index contributed by atoms with van der Waals surface area (Å²) < 4.78 is 9.77. The van der Waals surface area contributed by atoms with E-state index in [1.165, 1.54) is 24.0 Å². The standard InChI is InChI=1S/C22H27N5O2S/c1-2-16-5-7-17(8-6-16)14-25(18-9-10-18)15-27-22(30)26(12-11-20(23)28)21(24-27)19-4-3-13-29-19/h3-8,13,18H,2,9-12,14-15H2,1H3,(H2,23,28). The Morgan fingerprint density at radius 3 is 2.60 bits per heavy atom. The van der Waals surface area contributed by atoms with Gasteiger partial charge in [-0.15, -0.1) is 5.10 Å². The van der Waals surface area contributed by atoms with E-state index >= 15 is 0 Å². The lowest BCUT2D eigenvalue weighted by Crippen LogP contribution is -2.29. The third-order valence-electron chi connectivity index (χ3n) is 5.44. The first kappa shape index (κ1) is 20.6. The van der Waals surface area contributed by atoms with Crippen molar-refractivity contribution < 1.29 is 9.21 Å². The highest BCUT2D eigenvalue weighted by Crippen LogP contribution is 2.29. The zero-order valence-electron chi connectivity index (χ0n) is 17.2. The smallest absolute Gasteiger partial charge is 0.219 e. The predicted molar refractivity (Wildman–Crippen MR) is 117 cm³/mol. The average Bonchev–Trinajstić information content (AvgIpc) is 3.36. The molecule has 1 fully saturated rings. The van der Waals surface area contributed by atoms with Gasteiger partial charge in [0, 0.05) is 25.6 Å². The molecule has 0 radical (unpaired) electrons. The molecule has 0 saturated heterocycles. The number of carbonyl (C=O) groups excluding carboxylic acids is 1. The molecule has 8 heteroatoms. The fourth-order valence-electron chi connectivity index (χ4n) is 3.57. The molecule has 7 nitrogen and oxygen atoms in total. The summed E-state index contributed by atoms with van der Waals surface area (Å²) in [4.78, 5) is 13.7. The third kappa shape index (κ3) is 4.71. The highest BCUT2D eigenvalue weighted by molar-refractivity contribution is 7.71. The number of primary amides is 1. The number of rotatable bonds is 10. The van der Waals surface area contributed by atoms with E-state index in [0.29, 0.717) is 35.6 Å². The molecule has 0 bridgehead atoms. The van der Waals surface area contributed by atoms with Crippen LogP contribution in [-0.2, 0) is 31.0 Å². The van der Waals surface area contributed by atoms with Crippen molar-refractivity contribution >= 4 is 18.1 Å². The van der Waals surface area contributed by atoms with Gasteiger partial charge in [0.15, 0.2) is 16.4 Å². The van der Waals surface area contributed by atoms with Crippen molar-refractivity contribution in [3.8, 4) is 11.6 Å². The number of furan rings is 1. The maximum atomic E-state index is 11.3. The molecule has 2 aromatic heterocycles. The van der Waals surface area contributed by atoms with Crippen LogP contribution in [0.15, 0.2) is 47.1 Å². The van der Waals surface area contributed by atoms with E-state index in [-0.39, 0.29) is 12.3 Å². The summed E-state index contributed by atoms with van der Waals surface area (Å²) in [5, 5.41) is 4.74. The van der Waals surface area contributed by atoms with Crippen LogP contribution >= 0.6 is 12.2 Å². The fraction of sp³-hybridized carbons (Fsp3) is 0.409. The van der Waals surface area contributed by atoms with Crippen molar-refractivity contribution in [2.45, 2.75) is 58.4 Å². The van der Waals surface area contributed by atoms with Crippen LogP contribution < -0.4 is 5.73 Å². The van der Waals surface area contributed by atoms with E-state index in [9.17, 15) is 4.79 Å². The molecule has 0 unspecified atom stereocenters. The molecule has 30 heavy (non-hydrogen) atoms. The zero-order valence-corrected chi connectivity index (χ0v) is 18.0. The summed E-state index contributed by atoms with van der Waals surface area (Å²) in [6.45, 7) is 3.99. The monoisotopic (exact) mass is 425 g/mol. The fourth-order valence-corrected chi connectivity index (χ4v) is 3.84. The van der Waals surface area contributed by atoms with E-state index in [4.69, 9.17) is 27.5 Å². The van der Waals surface area contributed by atoms with Gasteiger partial charge in [-0.1, -0.05) is 31.2 Å². The van der Waals surface area contributed by atoms with Gasteiger partial charge in [0.05, 0.1) is 12.9 Å². The van der Waals surface area contributed by atoms with Crippen molar-refractivity contribution in [1.29, 1.82) is 0 Å². The quantitative estimate of drug-likeness (QED) is 0.501. The molecular weight excluding hydrogens is 398 g/mol. The van der Waals surface area contributed by atoms with Gasteiger partial charge in [-0.3, -0.25) is 14.3 Å². The first-order valence-corrected chi connectivity index (χ1v) is 10.8. The Balaban J connectivity index is 1.59. The number of amides is 1. The Morgan fingerprint density at radius 2 is 2.00 bits per heavy atom. The summed E-state index contributed by atoms with van der Waals surface area (Å²) in [5.41, 5.74) is 7.98. The van der Waals surface area contributed by atoms with E-state index < -0.39 is 0 Å². The minimum Gasteiger partial charge on any atom is -0.461 e. The maximum absolute atomic E-state index is 11.3. The third-order valence-corrected chi connectivity index (χ3v) is 5.87. The molecule has 1 aliphatic rings.